The van der Waals surface area contributed by atoms with Crippen LogP contribution in [-0.4, -0.2) is 48.4 Å². The number of carbonyl (C=O) groups excluding carboxylic acids is 1. The molecular formula is C20H21N3O3S. The molecule has 7 heteroatoms. The number of rotatable bonds is 7. The molecule has 4 rings (SSSR count). The molecule has 1 aromatic carbocycles. The minimum atomic E-state index is -0.199. The van der Waals surface area contributed by atoms with E-state index in [9.17, 15) is 4.79 Å². The van der Waals surface area contributed by atoms with Crippen LogP contribution in [0, 0.1) is 0 Å². The van der Waals surface area contributed by atoms with E-state index in [2.05, 4.69) is 10.2 Å². The average molecular weight is 383 g/mol. The van der Waals surface area contributed by atoms with Gasteiger partial charge in [-0.1, -0.05) is 18.2 Å². The molecule has 0 aliphatic carbocycles. The number of hydrogen-bond donors (Lipinski definition) is 1. The van der Waals surface area contributed by atoms with E-state index in [1.807, 2.05) is 46.7 Å². The zero-order chi connectivity index (χ0) is 18.8. The first kappa shape index (κ1) is 17.8. The number of methoxy groups -OCH3 is 2. The van der Waals surface area contributed by atoms with Crippen LogP contribution in [0.2, 0.25) is 0 Å². The fourth-order valence-corrected chi connectivity index (χ4v) is 4.30. The van der Waals surface area contributed by atoms with Gasteiger partial charge < -0.3 is 14.4 Å². The minimum absolute atomic E-state index is 0.0482. The molecule has 140 valence electrons. The first-order valence-corrected chi connectivity index (χ1v) is 9.68. The molecule has 0 bridgehead atoms. The second kappa shape index (κ2) is 7.54. The van der Waals surface area contributed by atoms with Gasteiger partial charge in [-0.25, -0.2) is 0 Å². The number of nitrogens with one attached hydrogen (secondary N) is 1. The molecule has 3 aromatic rings. The van der Waals surface area contributed by atoms with E-state index in [1.165, 1.54) is 0 Å². The van der Waals surface area contributed by atoms with Gasteiger partial charge in [-0.3, -0.25) is 9.89 Å². The Labute approximate surface area is 161 Å². The SMILES string of the molecule is COCCCN1C(=O)c2n[nH]c(-c3cccs3)c2C1c1cccc(OC)c1. The summed E-state index contributed by atoms with van der Waals surface area (Å²) in [5, 5.41) is 9.46. The van der Waals surface area contributed by atoms with E-state index in [0.29, 0.717) is 18.8 Å². The van der Waals surface area contributed by atoms with Gasteiger partial charge in [0.25, 0.3) is 5.91 Å². The van der Waals surface area contributed by atoms with E-state index in [-0.39, 0.29) is 11.9 Å². The molecular weight excluding hydrogens is 362 g/mol. The van der Waals surface area contributed by atoms with Crippen molar-refractivity contribution in [3.05, 3.63) is 58.6 Å². The number of benzene rings is 1. The number of amides is 1. The summed E-state index contributed by atoms with van der Waals surface area (Å²) in [4.78, 5) is 16.0. The van der Waals surface area contributed by atoms with Crippen LogP contribution in [0.15, 0.2) is 41.8 Å². The minimum Gasteiger partial charge on any atom is -0.497 e. The summed E-state index contributed by atoms with van der Waals surface area (Å²) in [5.74, 6) is 0.722. The fraction of sp³-hybridized carbons (Fsp3) is 0.300. The van der Waals surface area contributed by atoms with Gasteiger partial charge in [-0.2, -0.15) is 5.10 Å². The van der Waals surface area contributed by atoms with Crippen LogP contribution in [0.3, 0.4) is 0 Å². The Bertz CT molecular complexity index is 936. The molecule has 0 saturated carbocycles. The van der Waals surface area contributed by atoms with Gasteiger partial charge in [0.05, 0.1) is 23.7 Å². The molecule has 1 amide bonds. The molecule has 0 saturated heterocycles. The number of carbonyl (C=O) groups is 1. The molecule has 0 spiro atoms. The number of nitrogens with zero attached hydrogens (tertiary/aromatic N) is 2. The first-order valence-electron chi connectivity index (χ1n) is 8.80. The van der Waals surface area contributed by atoms with Crippen LogP contribution in [0.25, 0.3) is 10.6 Å². The number of hydrogen-bond acceptors (Lipinski definition) is 5. The normalized spacial score (nSPS) is 16.0. The monoisotopic (exact) mass is 383 g/mol. The van der Waals surface area contributed by atoms with Crippen LogP contribution in [0.4, 0.5) is 0 Å². The zero-order valence-corrected chi connectivity index (χ0v) is 16.1. The lowest BCUT2D eigenvalue weighted by molar-refractivity contribution is 0.0723. The summed E-state index contributed by atoms with van der Waals surface area (Å²) < 4.78 is 10.6. The third kappa shape index (κ3) is 3.13. The van der Waals surface area contributed by atoms with Crippen LogP contribution >= 0.6 is 11.3 Å². The second-order valence-corrected chi connectivity index (χ2v) is 7.31. The highest BCUT2D eigenvalue weighted by molar-refractivity contribution is 7.13. The second-order valence-electron chi connectivity index (χ2n) is 6.36. The van der Waals surface area contributed by atoms with Gasteiger partial charge in [0.2, 0.25) is 0 Å². The predicted molar refractivity (Wildman–Crippen MR) is 104 cm³/mol. The van der Waals surface area contributed by atoms with Gasteiger partial charge in [0.15, 0.2) is 5.69 Å². The molecule has 1 atom stereocenters. The molecule has 1 unspecified atom stereocenters. The number of H-pyrrole nitrogens is 1. The number of aromatic nitrogens is 2. The first-order chi connectivity index (χ1) is 13.2. The predicted octanol–water partition coefficient (Wildman–Crippen LogP) is 3.73. The molecule has 0 fully saturated rings. The van der Waals surface area contributed by atoms with E-state index in [1.54, 1.807) is 25.6 Å². The molecule has 0 radical (unpaired) electrons. The number of aromatic amines is 1. The maximum absolute atomic E-state index is 13.1. The summed E-state index contributed by atoms with van der Waals surface area (Å²) in [6.07, 6.45) is 0.769. The van der Waals surface area contributed by atoms with Gasteiger partial charge in [-0.05, 0) is 35.6 Å². The number of ether oxygens (including phenoxy) is 2. The van der Waals surface area contributed by atoms with Crippen molar-refractivity contribution in [1.82, 2.24) is 15.1 Å². The van der Waals surface area contributed by atoms with Gasteiger partial charge in [0.1, 0.15) is 5.75 Å². The maximum Gasteiger partial charge on any atom is 0.275 e. The largest absolute Gasteiger partial charge is 0.497 e. The average Bonchev–Trinajstić information content (AvgIpc) is 3.41. The number of thiophene rings is 1. The van der Waals surface area contributed by atoms with Crippen LogP contribution in [0.5, 0.6) is 5.75 Å². The van der Waals surface area contributed by atoms with Gasteiger partial charge >= 0.3 is 0 Å². The Balaban J connectivity index is 1.81. The van der Waals surface area contributed by atoms with Crippen LogP contribution < -0.4 is 4.74 Å². The Morgan fingerprint density at radius 3 is 2.89 bits per heavy atom. The summed E-state index contributed by atoms with van der Waals surface area (Å²) in [6.45, 7) is 1.21. The Hall–Kier alpha value is -2.64. The van der Waals surface area contributed by atoms with Crippen LogP contribution in [-0.2, 0) is 4.74 Å². The molecule has 2 aromatic heterocycles. The molecule has 27 heavy (non-hydrogen) atoms. The van der Waals surface area contributed by atoms with Crippen molar-refractivity contribution < 1.29 is 14.3 Å². The van der Waals surface area contributed by atoms with E-state index in [4.69, 9.17) is 9.47 Å². The summed E-state index contributed by atoms with van der Waals surface area (Å²) in [6, 6.07) is 11.7. The summed E-state index contributed by atoms with van der Waals surface area (Å²) in [5.41, 5.74) is 3.37. The van der Waals surface area contributed by atoms with Crippen molar-refractivity contribution in [3.63, 3.8) is 0 Å². The third-order valence-electron chi connectivity index (χ3n) is 4.78. The van der Waals surface area contributed by atoms with E-state index >= 15 is 0 Å². The Kier molecular flexibility index (Phi) is 4.96. The van der Waals surface area contributed by atoms with Crippen molar-refractivity contribution in [3.8, 4) is 16.3 Å². The van der Waals surface area contributed by atoms with Crippen molar-refractivity contribution in [2.75, 3.05) is 27.4 Å². The standard InChI is InChI=1S/C20H21N3O3S/c1-25-10-5-9-23-19(13-6-3-7-14(12-13)26-2)16-17(15-8-4-11-27-15)21-22-18(16)20(23)24/h3-4,6-8,11-12,19H,5,9-10H2,1-2H3,(H,21,22). The highest BCUT2D eigenvalue weighted by atomic mass is 32.1. The summed E-state index contributed by atoms with van der Waals surface area (Å²) >= 11 is 1.63. The lowest BCUT2D eigenvalue weighted by Crippen LogP contribution is -2.31. The lowest BCUT2D eigenvalue weighted by Gasteiger charge is -2.26. The topological polar surface area (TPSA) is 67.5 Å². The summed E-state index contributed by atoms with van der Waals surface area (Å²) in [7, 11) is 3.32. The molecule has 1 aliphatic heterocycles. The van der Waals surface area contributed by atoms with Crippen LogP contribution in [0.1, 0.15) is 34.1 Å². The van der Waals surface area contributed by atoms with Gasteiger partial charge in [0, 0.05) is 25.8 Å². The maximum atomic E-state index is 13.1. The zero-order valence-electron chi connectivity index (χ0n) is 15.3. The lowest BCUT2D eigenvalue weighted by atomic mass is 9.98. The van der Waals surface area contributed by atoms with Crippen molar-refractivity contribution in [1.29, 1.82) is 0 Å². The van der Waals surface area contributed by atoms with E-state index < -0.39 is 0 Å². The Morgan fingerprint density at radius 1 is 1.26 bits per heavy atom. The smallest absolute Gasteiger partial charge is 0.275 e. The van der Waals surface area contributed by atoms with E-state index in [0.717, 1.165) is 33.9 Å². The quantitative estimate of drug-likeness (QED) is 0.631. The van der Waals surface area contributed by atoms with Gasteiger partial charge in [-0.15, -0.1) is 11.3 Å². The molecule has 3 heterocycles. The molecule has 1 N–H and O–H groups in total. The van der Waals surface area contributed by atoms with Crippen molar-refractivity contribution >= 4 is 17.2 Å². The van der Waals surface area contributed by atoms with Crippen molar-refractivity contribution in [2.45, 2.75) is 12.5 Å². The highest BCUT2D eigenvalue weighted by Crippen LogP contribution is 2.44. The van der Waals surface area contributed by atoms with Crippen molar-refractivity contribution in [2.24, 2.45) is 0 Å². The third-order valence-corrected chi connectivity index (χ3v) is 5.66. The Morgan fingerprint density at radius 2 is 2.15 bits per heavy atom. The molecule has 6 nitrogen and oxygen atoms in total. The fourth-order valence-electron chi connectivity index (χ4n) is 3.57. The number of fused-ring (bicyclic) bond motifs is 1. The molecule has 1 aliphatic rings. The highest BCUT2D eigenvalue weighted by Gasteiger charge is 2.42.